The number of aryl methyl sites for hydroxylation is 1. The molecule has 0 aliphatic carbocycles. The van der Waals surface area contributed by atoms with Crippen LogP contribution in [-0.2, 0) is 16.6 Å². The maximum Gasteiger partial charge on any atom is 0.339 e. The predicted molar refractivity (Wildman–Crippen MR) is 55.5 cm³/mol. The van der Waals surface area contributed by atoms with Crippen LogP contribution in [0, 0.1) is 0 Å². The molecule has 0 amide bonds. The Morgan fingerprint density at radius 3 is 3.00 bits per heavy atom. The molecule has 0 radical (unpaired) electrons. The number of carbonyl (C=O) groups excluding carboxylic acids is 1. The van der Waals surface area contributed by atoms with Gasteiger partial charge in [-0.1, -0.05) is 11.3 Å². The van der Waals surface area contributed by atoms with Crippen LogP contribution in [0.25, 0.3) is 11.0 Å². The lowest BCUT2D eigenvalue weighted by molar-refractivity contribution is -0.150. The Morgan fingerprint density at radius 2 is 2.31 bits per heavy atom. The van der Waals surface area contributed by atoms with Crippen molar-refractivity contribution in [3.63, 3.8) is 0 Å². The lowest BCUT2D eigenvalue weighted by Crippen LogP contribution is -2.13. The average Bonchev–Trinajstić information content (AvgIpc) is 2.68. The van der Waals surface area contributed by atoms with Crippen LogP contribution in [0.2, 0.25) is 0 Å². The molecule has 0 bridgehead atoms. The Labute approximate surface area is 91.4 Å². The van der Waals surface area contributed by atoms with E-state index in [4.69, 9.17) is 0 Å². The minimum atomic E-state index is -1.28. The van der Waals surface area contributed by atoms with E-state index >= 15 is 0 Å². The minimum absolute atomic E-state index is 0.444. The zero-order chi connectivity index (χ0) is 11.7. The quantitative estimate of drug-likeness (QED) is 0.732. The highest BCUT2D eigenvalue weighted by atomic mass is 16.5. The highest BCUT2D eigenvalue weighted by molar-refractivity contribution is 5.80. The number of fused-ring (bicyclic) bond motifs is 1. The molecule has 0 aliphatic heterocycles. The highest BCUT2D eigenvalue weighted by Crippen LogP contribution is 2.19. The Hall–Kier alpha value is -1.95. The normalized spacial score (nSPS) is 12.7. The van der Waals surface area contributed by atoms with Gasteiger partial charge in [0, 0.05) is 7.05 Å². The van der Waals surface area contributed by atoms with Gasteiger partial charge in [0.15, 0.2) is 6.10 Å². The lowest BCUT2D eigenvalue weighted by Gasteiger charge is -2.07. The SMILES string of the molecule is COC(=O)C(O)c1ccc2c(c1)nnn2C. The fourth-order valence-corrected chi connectivity index (χ4v) is 1.48. The number of benzene rings is 1. The molecule has 0 saturated carbocycles. The van der Waals surface area contributed by atoms with Gasteiger partial charge < -0.3 is 9.84 Å². The third kappa shape index (κ3) is 1.63. The summed E-state index contributed by atoms with van der Waals surface area (Å²) in [6.45, 7) is 0. The highest BCUT2D eigenvalue weighted by Gasteiger charge is 2.18. The van der Waals surface area contributed by atoms with E-state index in [0.29, 0.717) is 11.1 Å². The number of methoxy groups -OCH3 is 1. The summed E-state index contributed by atoms with van der Waals surface area (Å²) in [6, 6.07) is 5.01. The molecular formula is C10H11N3O3. The predicted octanol–water partition coefficient (Wildman–Crippen LogP) is 0.175. The van der Waals surface area contributed by atoms with E-state index in [-0.39, 0.29) is 0 Å². The fraction of sp³-hybridized carbons (Fsp3) is 0.300. The molecule has 84 valence electrons. The van der Waals surface area contributed by atoms with Crippen molar-refractivity contribution in [3.8, 4) is 0 Å². The summed E-state index contributed by atoms with van der Waals surface area (Å²) >= 11 is 0. The van der Waals surface area contributed by atoms with Gasteiger partial charge in [-0.3, -0.25) is 0 Å². The van der Waals surface area contributed by atoms with Crippen LogP contribution in [0.3, 0.4) is 0 Å². The molecule has 1 heterocycles. The van der Waals surface area contributed by atoms with Crippen molar-refractivity contribution in [1.82, 2.24) is 15.0 Å². The van der Waals surface area contributed by atoms with Crippen molar-refractivity contribution >= 4 is 17.0 Å². The number of nitrogens with zero attached hydrogens (tertiary/aromatic N) is 3. The third-order valence-corrected chi connectivity index (χ3v) is 2.37. The van der Waals surface area contributed by atoms with Gasteiger partial charge in [-0.15, -0.1) is 5.10 Å². The third-order valence-electron chi connectivity index (χ3n) is 2.37. The number of hydrogen-bond donors (Lipinski definition) is 1. The lowest BCUT2D eigenvalue weighted by atomic mass is 10.1. The van der Waals surface area contributed by atoms with Gasteiger partial charge in [-0.05, 0) is 17.7 Å². The van der Waals surface area contributed by atoms with Gasteiger partial charge in [-0.25, -0.2) is 9.48 Å². The van der Waals surface area contributed by atoms with E-state index < -0.39 is 12.1 Å². The van der Waals surface area contributed by atoms with Crippen molar-refractivity contribution < 1.29 is 14.6 Å². The number of aliphatic hydroxyl groups excluding tert-OH is 1. The molecule has 1 unspecified atom stereocenters. The number of esters is 1. The largest absolute Gasteiger partial charge is 0.467 e. The molecule has 1 aromatic carbocycles. The molecule has 2 rings (SSSR count). The van der Waals surface area contributed by atoms with Crippen LogP contribution in [0.5, 0.6) is 0 Å². The second-order valence-electron chi connectivity index (χ2n) is 3.39. The first-order valence-corrected chi connectivity index (χ1v) is 4.68. The Balaban J connectivity index is 2.43. The van der Waals surface area contributed by atoms with E-state index in [1.165, 1.54) is 7.11 Å². The van der Waals surface area contributed by atoms with E-state index in [9.17, 15) is 9.90 Å². The number of carbonyl (C=O) groups is 1. The summed E-state index contributed by atoms with van der Waals surface area (Å²) in [5.41, 5.74) is 1.91. The standard InChI is InChI=1S/C10H11N3O3/c1-13-8-4-3-6(5-7(8)11-12-13)9(14)10(15)16-2/h3-5,9,14H,1-2H3. The molecule has 0 aliphatic rings. The molecule has 6 heteroatoms. The Bertz CT molecular complexity index is 535. The molecule has 2 aromatic rings. The first kappa shape index (κ1) is 10.6. The number of aromatic nitrogens is 3. The van der Waals surface area contributed by atoms with E-state index in [0.717, 1.165) is 5.52 Å². The molecule has 1 atom stereocenters. The monoisotopic (exact) mass is 221 g/mol. The van der Waals surface area contributed by atoms with Gasteiger partial charge in [0.2, 0.25) is 0 Å². The van der Waals surface area contributed by atoms with Crippen LogP contribution < -0.4 is 0 Å². The average molecular weight is 221 g/mol. The first-order valence-electron chi connectivity index (χ1n) is 4.68. The van der Waals surface area contributed by atoms with Crippen molar-refractivity contribution in [3.05, 3.63) is 23.8 Å². The second kappa shape index (κ2) is 3.90. The van der Waals surface area contributed by atoms with Crippen LogP contribution in [0.4, 0.5) is 0 Å². The Kier molecular flexibility index (Phi) is 2.57. The molecule has 1 N–H and O–H groups in total. The van der Waals surface area contributed by atoms with Crippen molar-refractivity contribution in [2.24, 2.45) is 7.05 Å². The summed E-state index contributed by atoms with van der Waals surface area (Å²) < 4.78 is 6.07. The summed E-state index contributed by atoms with van der Waals surface area (Å²) in [4.78, 5) is 11.1. The number of aliphatic hydroxyl groups is 1. The van der Waals surface area contributed by atoms with Gasteiger partial charge in [-0.2, -0.15) is 0 Å². The topological polar surface area (TPSA) is 77.2 Å². The van der Waals surface area contributed by atoms with Crippen molar-refractivity contribution in [1.29, 1.82) is 0 Å². The summed E-state index contributed by atoms with van der Waals surface area (Å²) in [7, 11) is 3.00. The van der Waals surface area contributed by atoms with Gasteiger partial charge in [0.25, 0.3) is 0 Å². The molecular weight excluding hydrogens is 210 g/mol. The van der Waals surface area contributed by atoms with Crippen molar-refractivity contribution in [2.45, 2.75) is 6.10 Å². The maximum absolute atomic E-state index is 11.1. The van der Waals surface area contributed by atoms with Crippen LogP contribution >= 0.6 is 0 Å². The van der Waals surface area contributed by atoms with Gasteiger partial charge >= 0.3 is 5.97 Å². The molecule has 16 heavy (non-hydrogen) atoms. The molecule has 0 spiro atoms. The van der Waals surface area contributed by atoms with E-state index in [1.54, 1.807) is 29.9 Å². The molecule has 0 fully saturated rings. The maximum atomic E-state index is 11.1. The number of hydrogen-bond acceptors (Lipinski definition) is 5. The zero-order valence-corrected chi connectivity index (χ0v) is 8.91. The summed E-state index contributed by atoms with van der Waals surface area (Å²) in [5, 5.41) is 17.4. The minimum Gasteiger partial charge on any atom is -0.467 e. The Morgan fingerprint density at radius 1 is 1.56 bits per heavy atom. The van der Waals surface area contributed by atoms with E-state index in [2.05, 4.69) is 15.0 Å². The number of rotatable bonds is 2. The first-order chi connectivity index (χ1) is 7.63. The second-order valence-corrected chi connectivity index (χ2v) is 3.39. The van der Waals surface area contributed by atoms with Crippen LogP contribution in [0.1, 0.15) is 11.7 Å². The van der Waals surface area contributed by atoms with Crippen LogP contribution in [-0.4, -0.2) is 33.2 Å². The number of ether oxygens (including phenoxy) is 1. The fourth-order valence-electron chi connectivity index (χ4n) is 1.48. The molecule has 0 saturated heterocycles. The molecule has 6 nitrogen and oxygen atoms in total. The summed E-state index contributed by atoms with van der Waals surface area (Å²) in [6.07, 6.45) is -1.28. The zero-order valence-electron chi connectivity index (χ0n) is 8.91. The van der Waals surface area contributed by atoms with Gasteiger partial charge in [0.05, 0.1) is 12.6 Å². The van der Waals surface area contributed by atoms with Gasteiger partial charge in [0.1, 0.15) is 5.52 Å². The van der Waals surface area contributed by atoms with E-state index in [1.807, 2.05) is 0 Å². The smallest absolute Gasteiger partial charge is 0.339 e. The van der Waals surface area contributed by atoms with Crippen molar-refractivity contribution in [2.75, 3.05) is 7.11 Å². The molecule has 1 aromatic heterocycles. The summed E-state index contributed by atoms with van der Waals surface area (Å²) in [5.74, 6) is -0.691. The van der Waals surface area contributed by atoms with Crippen LogP contribution in [0.15, 0.2) is 18.2 Å².